The van der Waals surface area contributed by atoms with Gasteiger partial charge in [-0.25, -0.2) is 23.5 Å². The Balaban J connectivity index is 1.54. The highest BCUT2D eigenvalue weighted by atomic mass is 32.2. The molecule has 0 aliphatic heterocycles. The fraction of sp³-hybridized carbons (Fsp3) is 0.381. The van der Waals surface area contributed by atoms with Gasteiger partial charge in [0.05, 0.1) is 6.42 Å². The molecule has 4 N–H and O–H groups in total. The zero-order valence-corrected chi connectivity index (χ0v) is 18.8. The third kappa shape index (κ3) is 7.29. The van der Waals surface area contributed by atoms with Gasteiger partial charge in [0.25, 0.3) is 0 Å². The van der Waals surface area contributed by atoms with Gasteiger partial charge in [0.15, 0.2) is 11.6 Å². The molecule has 184 valence electrons. The Hall–Kier alpha value is -2.93. The highest BCUT2D eigenvalue weighted by molar-refractivity contribution is 7.97. The van der Waals surface area contributed by atoms with Crippen molar-refractivity contribution < 1.29 is 31.5 Å². The molecule has 0 fully saturated rings. The van der Waals surface area contributed by atoms with E-state index in [1.165, 1.54) is 19.3 Å². The van der Waals surface area contributed by atoms with Crippen LogP contribution in [0.5, 0.6) is 0 Å². The van der Waals surface area contributed by atoms with Gasteiger partial charge >= 0.3 is 12.3 Å². The van der Waals surface area contributed by atoms with Gasteiger partial charge in [-0.2, -0.15) is 13.2 Å². The van der Waals surface area contributed by atoms with Crippen molar-refractivity contribution in [3.05, 3.63) is 53.6 Å². The predicted molar refractivity (Wildman–Crippen MR) is 116 cm³/mol. The molecule has 3 rings (SSSR count). The zero-order chi connectivity index (χ0) is 24.9. The number of aromatic nitrogens is 2. The number of nitrogens with two attached hydrogens (primary N) is 1. The number of nitrogens with zero attached hydrogens (tertiary/aromatic N) is 2. The Bertz CT molecular complexity index is 1030. The molecule has 1 amide bonds. The van der Waals surface area contributed by atoms with E-state index in [4.69, 9.17) is 9.88 Å². The van der Waals surface area contributed by atoms with E-state index in [2.05, 4.69) is 20.6 Å². The normalized spacial score (nSPS) is 17.0. The van der Waals surface area contributed by atoms with E-state index in [-0.39, 0.29) is 16.8 Å². The summed E-state index contributed by atoms with van der Waals surface area (Å²) in [7, 11) is 0. The van der Waals surface area contributed by atoms with Gasteiger partial charge in [0, 0.05) is 29.8 Å². The Morgan fingerprint density at radius 3 is 2.44 bits per heavy atom. The van der Waals surface area contributed by atoms with Crippen molar-refractivity contribution in [2.75, 3.05) is 5.32 Å². The maximum atomic E-state index is 14.1. The molecule has 1 aromatic heterocycles. The first-order valence-corrected chi connectivity index (χ1v) is 11.1. The van der Waals surface area contributed by atoms with E-state index >= 15 is 0 Å². The first kappa shape index (κ1) is 25.7. The van der Waals surface area contributed by atoms with Crippen LogP contribution in [-0.2, 0) is 4.74 Å². The number of alkyl halides is 3. The smallest absolute Gasteiger partial charge is 0.412 e. The average Bonchev–Trinajstić information content (AvgIpc) is 2.75. The van der Waals surface area contributed by atoms with Crippen LogP contribution >= 0.6 is 11.9 Å². The predicted octanol–water partition coefficient (Wildman–Crippen LogP) is 5.68. The van der Waals surface area contributed by atoms with Crippen molar-refractivity contribution in [1.82, 2.24) is 15.3 Å². The summed E-state index contributed by atoms with van der Waals surface area (Å²) in [5.74, 6) is -1.26. The second kappa shape index (κ2) is 11.0. The van der Waals surface area contributed by atoms with E-state index in [1.807, 2.05) is 0 Å². The highest BCUT2D eigenvalue weighted by Gasteiger charge is 2.31. The zero-order valence-electron chi connectivity index (χ0n) is 18.0. The van der Waals surface area contributed by atoms with E-state index in [1.54, 1.807) is 6.08 Å². The number of ether oxygens (including phenoxy) is 1. The topological polar surface area (TPSA) is 102 Å². The van der Waals surface area contributed by atoms with E-state index in [0.717, 1.165) is 29.6 Å². The summed E-state index contributed by atoms with van der Waals surface area (Å²) in [5, 5.41) is 9.99. The van der Waals surface area contributed by atoms with Crippen LogP contribution in [0.3, 0.4) is 0 Å². The van der Waals surface area contributed by atoms with Crippen LogP contribution in [0.2, 0.25) is 0 Å². The minimum Gasteiger partial charge on any atom is -0.415 e. The van der Waals surface area contributed by atoms with Crippen LogP contribution in [0, 0.1) is 11.6 Å². The molecule has 0 saturated carbocycles. The summed E-state index contributed by atoms with van der Waals surface area (Å²) >= 11 is 0.722. The SMILES string of the molecule is CC(CC(F)(F)F)NC(=O)OC1=CCC(c2cnc(Nc3c(F)cc(SN)cc3F)nc2)CC1. The summed E-state index contributed by atoms with van der Waals surface area (Å²) in [4.78, 5) is 20.3. The molecule has 2 atom stereocenters. The van der Waals surface area contributed by atoms with Gasteiger partial charge in [0.1, 0.15) is 11.4 Å². The maximum absolute atomic E-state index is 14.1. The number of halogens is 5. The molecular weight excluding hydrogens is 481 g/mol. The summed E-state index contributed by atoms with van der Waals surface area (Å²) in [6.07, 6.45) is -0.218. The summed E-state index contributed by atoms with van der Waals surface area (Å²) < 4.78 is 70.4. The molecule has 0 bridgehead atoms. The number of carbonyl (C=O) groups excluding carboxylic acids is 1. The first-order chi connectivity index (χ1) is 16.0. The van der Waals surface area contributed by atoms with E-state index in [0.29, 0.717) is 25.0 Å². The standard InChI is InChI=1S/C21H22F5N5O2S/c1-11(8-21(24,25)26)30-20(32)33-14-4-2-12(3-5-14)13-9-28-19(29-10-13)31-18-16(22)6-15(34-27)7-17(18)23/h4,6-7,9-12H,2-3,5,8,27H2,1H3,(H,30,32)(H,28,29,31). The van der Waals surface area contributed by atoms with Crippen LogP contribution in [0.1, 0.15) is 44.1 Å². The first-order valence-electron chi connectivity index (χ1n) is 10.2. The summed E-state index contributed by atoms with van der Waals surface area (Å²) in [5.41, 5.74) is 0.385. The lowest BCUT2D eigenvalue weighted by molar-refractivity contribution is -0.138. The number of carbonyl (C=O) groups is 1. The Morgan fingerprint density at radius 2 is 1.91 bits per heavy atom. The minimum atomic E-state index is -4.38. The second-order valence-electron chi connectivity index (χ2n) is 7.74. The molecule has 1 aromatic carbocycles. The van der Waals surface area contributed by atoms with Gasteiger partial charge in [-0.1, -0.05) is 0 Å². The molecule has 0 spiro atoms. The maximum Gasteiger partial charge on any atom is 0.412 e. The lowest BCUT2D eigenvalue weighted by Gasteiger charge is -2.22. The molecular formula is C21H22F5N5O2S. The third-order valence-corrected chi connectivity index (χ3v) is 5.53. The number of allylic oxidation sites excluding steroid dienone is 2. The molecule has 7 nitrogen and oxygen atoms in total. The van der Waals surface area contributed by atoms with Gasteiger partial charge < -0.3 is 15.4 Å². The molecule has 1 heterocycles. The molecule has 1 aliphatic carbocycles. The van der Waals surface area contributed by atoms with Crippen molar-refractivity contribution in [1.29, 1.82) is 0 Å². The minimum absolute atomic E-state index is 0.00900. The number of nitrogens with one attached hydrogen (secondary N) is 2. The third-order valence-electron chi connectivity index (χ3n) is 5.03. The van der Waals surface area contributed by atoms with Gasteiger partial charge in [-0.3, -0.25) is 5.14 Å². The van der Waals surface area contributed by atoms with Crippen LogP contribution in [0.4, 0.5) is 38.4 Å². The molecule has 2 unspecified atom stereocenters. The van der Waals surface area contributed by atoms with E-state index < -0.39 is 42.1 Å². The van der Waals surface area contributed by atoms with Crippen LogP contribution < -0.4 is 15.8 Å². The molecule has 1 aliphatic rings. The van der Waals surface area contributed by atoms with E-state index in [9.17, 15) is 26.7 Å². The Morgan fingerprint density at radius 1 is 1.26 bits per heavy atom. The quantitative estimate of drug-likeness (QED) is 0.330. The number of hydrogen-bond donors (Lipinski definition) is 3. The number of rotatable bonds is 7. The van der Waals surface area contributed by atoms with Crippen molar-refractivity contribution in [3.8, 4) is 0 Å². The Labute approximate surface area is 196 Å². The van der Waals surface area contributed by atoms with Crippen molar-refractivity contribution in [2.45, 2.75) is 55.6 Å². The van der Waals surface area contributed by atoms with Gasteiger partial charge in [-0.05, 0) is 61.4 Å². The van der Waals surface area contributed by atoms with Crippen LogP contribution in [0.25, 0.3) is 0 Å². The van der Waals surface area contributed by atoms with Gasteiger partial charge in [0.2, 0.25) is 5.95 Å². The fourth-order valence-electron chi connectivity index (χ4n) is 3.42. The van der Waals surface area contributed by atoms with Crippen LogP contribution in [-0.4, -0.2) is 28.3 Å². The molecule has 2 aromatic rings. The lowest BCUT2D eigenvalue weighted by Crippen LogP contribution is -2.36. The molecule has 13 heteroatoms. The number of alkyl carbamates (subject to hydrolysis) is 1. The largest absolute Gasteiger partial charge is 0.415 e. The number of anilines is 2. The van der Waals surface area contributed by atoms with Crippen molar-refractivity contribution in [3.63, 3.8) is 0 Å². The van der Waals surface area contributed by atoms with Crippen molar-refractivity contribution >= 4 is 29.7 Å². The summed E-state index contributed by atoms with van der Waals surface area (Å²) in [6.45, 7) is 1.25. The second-order valence-corrected chi connectivity index (χ2v) is 8.45. The van der Waals surface area contributed by atoms with Gasteiger partial charge in [-0.15, -0.1) is 0 Å². The number of amides is 1. The number of hydrogen-bond acceptors (Lipinski definition) is 7. The van der Waals surface area contributed by atoms with Crippen LogP contribution in [0.15, 0.2) is 41.3 Å². The Kier molecular flexibility index (Phi) is 8.31. The van der Waals surface area contributed by atoms with Crippen molar-refractivity contribution in [2.24, 2.45) is 5.14 Å². The molecule has 0 radical (unpaired) electrons. The summed E-state index contributed by atoms with van der Waals surface area (Å²) in [6, 6.07) is 1.08. The highest BCUT2D eigenvalue weighted by Crippen LogP contribution is 2.33. The molecule has 34 heavy (non-hydrogen) atoms. The monoisotopic (exact) mass is 503 g/mol. The average molecular weight is 503 g/mol. The lowest BCUT2D eigenvalue weighted by atomic mass is 9.88. The fourth-order valence-corrected chi connectivity index (χ4v) is 3.76. The number of benzene rings is 1. The molecule has 0 saturated heterocycles.